The van der Waals surface area contributed by atoms with Crippen LogP contribution < -0.4 is 4.72 Å². The maximum Gasteiger partial charge on any atom is 0.240 e. The van der Waals surface area contributed by atoms with Gasteiger partial charge in [-0.1, -0.05) is 30.3 Å². The number of halogens is 2. The third kappa shape index (κ3) is 3.85. The standard InChI is InChI=1S/C14H13F2NO2S/c15-12-8-13(16)10-14(9-12)20(18,19)17-7-6-11-4-2-1-3-5-11/h1-5,8-10,17H,6-7H2. The van der Waals surface area contributed by atoms with Gasteiger partial charge < -0.3 is 0 Å². The summed E-state index contributed by atoms with van der Waals surface area (Å²) < 4.78 is 52.1. The van der Waals surface area contributed by atoms with Gasteiger partial charge in [-0.25, -0.2) is 21.9 Å². The number of benzene rings is 2. The van der Waals surface area contributed by atoms with Crippen LogP contribution in [0.3, 0.4) is 0 Å². The van der Waals surface area contributed by atoms with Crippen LogP contribution in [-0.2, 0) is 16.4 Å². The number of hydrogen-bond acceptors (Lipinski definition) is 2. The van der Waals surface area contributed by atoms with E-state index in [0.29, 0.717) is 12.5 Å². The molecule has 20 heavy (non-hydrogen) atoms. The summed E-state index contributed by atoms with van der Waals surface area (Å²) in [7, 11) is -3.91. The third-order valence-electron chi connectivity index (χ3n) is 2.69. The molecule has 0 fully saturated rings. The number of sulfonamides is 1. The molecule has 0 aromatic heterocycles. The molecule has 2 aromatic rings. The molecule has 0 aliphatic heterocycles. The van der Waals surface area contributed by atoms with Crippen LogP contribution >= 0.6 is 0 Å². The van der Waals surface area contributed by atoms with Gasteiger partial charge in [-0.3, -0.25) is 0 Å². The predicted octanol–water partition coefficient (Wildman–Crippen LogP) is 2.49. The molecule has 2 aromatic carbocycles. The molecule has 0 amide bonds. The molecule has 6 heteroatoms. The van der Waals surface area contributed by atoms with Gasteiger partial charge in [-0.15, -0.1) is 0 Å². The highest BCUT2D eigenvalue weighted by Crippen LogP contribution is 2.13. The van der Waals surface area contributed by atoms with Crippen molar-refractivity contribution in [1.29, 1.82) is 0 Å². The van der Waals surface area contributed by atoms with Crippen LogP contribution in [0.2, 0.25) is 0 Å². The zero-order valence-corrected chi connectivity index (χ0v) is 11.3. The molecule has 0 saturated carbocycles. The van der Waals surface area contributed by atoms with Crippen LogP contribution in [0, 0.1) is 11.6 Å². The van der Waals surface area contributed by atoms with Crippen molar-refractivity contribution in [3.63, 3.8) is 0 Å². The Morgan fingerprint density at radius 3 is 2.15 bits per heavy atom. The Kier molecular flexibility index (Phi) is 4.46. The second-order valence-corrected chi connectivity index (χ2v) is 6.01. The van der Waals surface area contributed by atoms with Gasteiger partial charge in [0.1, 0.15) is 11.6 Å². The highest BCUT2D eigenvalue weighted by atomic mass is 32.2. The first-order valence-corrected chi connectivity index (χ1v) is 7.45. The van der Waals surface area contributed by atoms with Crippen molar-refractivity contribution in [3.8, 4) is 0 Å². The van der Waals surface area contributed by atoms with Gasteiger partial charge in [-0.05, 0) is 24.1 Å². The van der Waals surface area contributed by atoms with Crippen LogP contribution in [0.25, 0.3) is 0 Å². The molecular weight excluding hydrogens is 284 g/mol. The van der Waals surface area contributed by atoms with E-state index in [4.69, 9.17) is 0 Å². The van der Waals surface area contributed by atoms with E-state index in [2.05, 4.69) is 4.72 Å². The fourth-order valence-electron chi connectivity index (χ4n) is 1.74. The van der Waals surface area contributed by atoms with Crippen molar-refractivity contribution in [3.05, 3.63) is 65.7 Å². The van der Waals surface area contributed by atoms with Crippen molar-refractivity contribution in [1.82, 2.24) is 4.72 Å². The normalized spacial score (nSPS) is 11.5. The second kappa shape index (κ2) is 6.11. The lowest BCUT2D eigenvalue weighted by Gasteiger charge is -2.07. The maximum absolute atomic E-state index is 13.0. The van der Waals surface area contributed by atoms with Crippen molar-refractivity contribution >= 4 is 10.0 Å². The molecule has 0 heterocycles. The Bertz CT molecular complexity index is 667. The van der Waals surface area contributed by atoms with Gasteiger partial charge in [0.15, 0.2) is 0 Å². The number of rotatable bonds is 5. The van der Waals surface area contributed by atoms with Crippen LogP contribution in [-0.4, -0.2) is 15.0 Å². The van der Waals surface area contributed by atoms with Gasteiger partial charge >= 0.3 is 0 Å². The Morgan fingerprint density at radius 2 is 1.55 bits per heavy atom. The zero-order chi connectivity index (χ0) is 14.6. The van der Waals surface area contributed by atoms with Gasteiger partial charge in [0, 0.05) is 12.6 Å². The molecule has 0 radical (unpaired) electrons. The second-order valence-electron chi connectivity index (χ2n) is 4.24. The van der Waals surface area contributed by atoms with Gasteiger partial charge in [0.2, 0.25) is 10.0 Å². The summed E-state index contributed by atoms with van der Waals surface area (Å²) in [5.74, 6) is -1.85. The predicted molar refractivity (Wildman–Crippen MR) is 71.7 cm³/mol. The highest BCUT2D eigenvalue weighted by Gasteiger charge is 2.15. The first kappa shape index (κ1) is 14.6. The minimum absolute atomic E-state index is 0.157. The smallest absolute Gasteiger partial charge is 0.211 e. The van der Waals surface area contributed by atoms with E-state index in [1.54, 1.807) is 0 Å². The monoisotopic (exact) mass is 297 g/mol. The summed E-state index contributed by atoms with van der Waals surface area (Å²) in [5.41, 5.74) is 0.973. The number of nitrogens with one attached hydrogen (secondary N) is 1. The Morgan fingerprint density at radius 1 is 0.950 bits per heavy atom. The minimum atomic E-state index is -3.91. The molecule has 0 aliphatic rings. The lowest BCUT2D eigenvalue weighted by Crippen LogP contribution is -2.26. The molecule has 0 spiro atoms. The molecule has 0 atom stereocenters. The summed E-state index contributed by atoms with van der Waals surface area (Å²) in [6.07, 6.45) is 0.498. The van der Waals surface area contributed by atoms with Gasteiger partial charge in [0.25, 0.3) is 0 Å². The summed E-state index contributed by atoms with van der Waals surface area (Å²) in [6, 6.07) is 11.5. The quantitative estimate of drug-likeness (QED) is 0.921. The molecular formula is C14H13F2NO2S. The van der Waals surface area contributed by atoms with Crippen molar-refractivity contribution in [2.24, 2.45) is 0 Å². The van der Waals surface area contributed by atoms with E-state index >= 15 is 0 Å². The van der Waals surface area contributed by atoms with E-state index in [9.17, 15) is 17.2 Å². The first-order valence-electron chi connectivity index (χ1n) is 5.97. The number of hydrogen-bond donors (Lipinski definition) is 1. The summed E-state index contributed by atoms with van der Waals surface area (Å²) in [6.45, 7) is 0.157. The minimum Gasteiger partial charge on any atom is -0.211 e. The van der Waals surface area contributed by atoms with Crippen molar-refractivity contribution < 1.29 is 17.2 Å². The van der Waals surface area contributed by atoms with Gasteiger partial charge in [-0.2, -0.15) is 0 Å². The van der Waals surface area contributed by atoms with Crippen molar-refractivity contribution in [2.75, 3.05) is 6.54 Å². The van der Waals surface area contributed by atoms with Gasteiger partial charge in [0.05, 0.1) is 4.90 Å². The highest BCUT2D eigenvalue weighted by molar-refractivity contribution is 7.89. The molecule has 0 unspecified atom stereocenters. The fourth-order valence-corrected chi connectivity index (χ4v) is 2.81. The lowest BCUT2D eigenvalue weighted by molar-refractivity contribution is 0.561. The van der Waals surface area contributed by atoms with Crippen LogP contribution in [0.15, 0.2) is 53.4 Å². The molecule has 3 nitrogen and oxygen atoms in total. The van der Waals surface area contributed by atoms with Crippen LogP contribution in [0.4, 0.5) is 8.78 Å². The Hall–Kier alpha value is -1.79. The topological polar surface area (TPSA) is 46.2 Å². The van der Waals surface area contributed by atoms with Crippen molar-refractivity contribution in [2.45, 2.75) is 11.3 Å². The van der Waals surface area contributed by atoms with E-state index in [-0.39, 0.29) is 6.54 Å². The average Bonchev–Trinajstić information content (AvgIpc) is 2.38. The van der Waals surface area contributed by atoms with E-state index in [1.807, 2.05) is 30.3 Å². The Labute approximate surface area is 116 Å². The summed E-state index contributed by atoms with van der Waals surface area (Å²) >= 11 is 0. The maximum atomic E-state index is 13.0. The summed E-state index contributed by atoms with van der Waals surface area (Å²) in [4.78, 5) is -0.414. The van der Waals surface area contributed by atoms with Crippen LogP contribution in [0.5, 0.6) is 0 Å². The zero-order valence-electron chi connectivity index (χ0n) is 10.5. The van der Waals surface area contributed by atoms with E-state index in [0.717, 1.165) is 17.7 Å². The average molecular weight is 297 g/mol. The summed E-state index contributed by atoms with van der Waals surface area (Å²) in [5, 5.41) is 0. The molecule has 0 bridgehead atoms. The molecule has 1 N–H and O–H groups in total. The van der Waals surface area contributed by atoms with E-state index in [1.165, 1.54) is 0 Å². The van der Waals surface area contributed by atoms with Crippen LogP contribution in [0.1, 0.15) is 5.56 Å². The molecule has 2 rings (SSSR count). The molecule has 106 valence electrons. The largest absolute Gasteiger partial charge is 0.240 e. The third-order valence-corrected chi connectivity index (χ3v) is 4.14. The van der Waals surface area contributed by atoms with E-state index < -0.39 is 26.6 Å². The SMILES string of the molecule is O=S(=O)(NCCc1ccccc1)c1cc(F)cc(F)c1. The first-order chi connectivity index (χ1) is 9.47. The lowest BCUT2D eigenvalue weighted by atomic mass is 10.2. The molecule has 0 aliphatic carbocycles. The Balaban J connectivity index is 2.04. The molecule has 0 saturated heterocycles. The fraction of sp³-hybridized carbons (Fsp3) is 0.143.